The minimum absolute atomic E-state index is 0.0291. The second-order valence-electron chi connectivity index (χ2n) is 9.55. The van der Waals surface area contributed by atoms with Gasteiger partial charge in [0.2, 0.25) is 15.0 Å². The second-order valence-corrected chi connectivity index (χ2v) is 11.4. The van der Waals surface area contributed by atoms with Crippen LogP contribution in [-0.4, -0.2) is 42.4 Å². The average Bonchev–Trinajstić information content (AvgIpc) is 3.24. The van der Waals surface area contributed by atoms with Gasteiger partial charge in [0.05, 0.1) is 31.3 Å². The highest BCUT2D eigenvalue weighted by Gasteiger charge is 2.27. The van der Waals surface area contributed by atoms with Crippen LogP contribution in [0.25, 0.3) is 0 Å². The van der Waals surface area contributed by atoms with Crippen LogP contribution in [0.4, 0.5) is 0 Å². The van der Waals surface area contributed by atoms with E-state index in [9.17, 15) is 13.2 Å². The number of aromatic nitrogens is 2. The molecule has 0 atom stereocenters. The second kappa shape index (κ2) is 11.1. The van der Waals surface area contributed by atoms with Gasteiger partial charge in [-0.25, -0.2) is 13.4 Å². The maximum absolute atomic E-state index is 13.4. The zero-order valence-electron chi connectivity index (χ0n) is 21.4. The fraction of sp³-hybridized carbons (Fsp3) is 0.407. The van der Waals surface area contributed by atoms with E-state index in [1.54, 1.807) is 47.0 Å². The SMILES string of the molecule is COc1cccc(C(=O)N(Cc2cnc(S(=O)(=O)Cc3ccc(C)cc3)n2C(C)C)CC(C)C)c1. The van der Waals surface area contributed by atoms with Crippen LogP contribution in [0.2, 0.25) is 0 Å². The summed E-state index contributed by atoms with van der Waals surface area (Å²) in [6.45, 7) is 10.7. The Hall–Kier alpha value is -3.13. The minimum atomic E-state index is -3.69. The highest BCUT2D eigenvalue weighted by atomic mass is 32.2. The van der Waals surface area contributed by atoms with Crippen LogP contribution >= 0.6 is 0 Å². The number of rotatable bonds is 10. The van der Waals surface area contributed by atoms with Crippen molar-refractivity contribution in [1.29, 1.82) is 0 Å². The predicted molar refractivity (Wildman–Crippen MR) is 137 cm³/mol. The number of benzene rings is 2. The largest absolute Gasteiger partial charge is 0.497 e. The van der Waals surface area contributed by atoms with Gasteiger partial charge in [-0.3, -0.25) is 4.79 Å². The molecule has 1 aromatic heterocycles. The van der Waals surface area contributed by atoms with Crippen LogP contribution in [0.15, 0.2) is 59.9 Å². The Kier molecular flexibility index (Phi) is 8.38. The Morgan fingerprint density at radius 3 is 2.37 bits per heavy atom. The lowest BCUT2D eigenvalue weighted by Crippen LogP contribution is -2.34. The molecule has 0 unspecified atom stereocenters. The van der Waals surface area contributed by atoms with Crippen molar-refractivity contribution >= 4 is 15.7 Å². The Labute approximate surface area is 208 Å². The topological polar surface area (TPSA) is 81.5 Å². The van der Waals surface area contributed by atoms with E-state index in [0.717, 1.165) is 5.56 Å². The summed E-state index contributed by atoms with van der Waals surface area (Å²) < 4.78 is 33.7. The fourth-order valence-corrected chi connectivity index (χ4v) is 5.64. The van der Waals surface area contributed by atoms with Crippen molar-refractivity contribution in [3.8, 4) is 5.75 Å². The molecule has 35 heavy (non-hydrogen) atoms. The number of hydrogen-bond donors (Lipinski definition) is 0. The van der Waals surface area contributed by atoms with E-state index in [1.807, 2.05) is 58.9 Å². The Balaban J connectivity index is 1.95. The van der Waals surface area contributed by atoms with Gasteiger partial charge < -0.3 is 14.2 Å². The van der Waals surface area contributed by atoms with Gasteiger partial charge in [0, 0.05) is 18.2 Å². The third-order valence-corrected chi connectivity index (χ3v) is 7.23. The summed E-state index contributed by atoms with van der Waals surface area (Å²) in [4.78, 5) is 19.5. The summed E-state index contributed by atoms with van der Waals surface area (Å²) in [5.41, 5.74) is 2.99. The third kappa shape index (κ3) is 6.51. The molecule has 3 rings (SSSR count). The number of hydrogen-bond acceptors (Lipinski definition) is 5. The lowest BCUT2D eigenvalue weighted by molar-refractivity contribution is 0.0717. The molecule has 0 spiro atoms. The summed E-state index contributed by atoms with van der Waals surface area (Å²) in [5, 5.41) is 0.0291. The maximum atomic E-state index is 13.4. The molecule has 2 aromatic carbocycles. The van der Waals surface area contributed by atoms with E-state index in [4.69, 9.17) is 4.74 Å². The number of imidazole rings is 1. The summed E-state index contributed by atoms with van der Waals surface area (Å²) >= 11 is 0. The summed E-state index contributed by atoms with van der Waals surface area (Å²) in [6, 6.07) is 14.4. The molecule has 3 aromatic rings. The molecular formula is C27H35N3O4S. The summed E-state index contributed by atoms with van der Waals surface area (Å²) in [6.07, 6.45) is 1.58. The quantitative estimate of drug-likeness (QED) is 0.391. The first-order valence-corrected chi connectivity index (χ1v) is 13.4. The molecule has 7 nitrogen and oxygen atoms in total. The van der Waals surface area contributed by atoms with Gasteiger partial charge in [0.25, 0.3) is 5.91 Å². The predicted octanol–water partition coefficient (Wildman–Crippen LogP) is 5.05. The highest BCUT2D eigenvalue weighted by Crippen LogP contribution is 2.24. The molecule has 0 radical (unpaired) electrons. The zero-order chi connectivity index (χ0) is 25.8. The van der Waals surface area contributed by atoms with Gasteiger partial charge in [-0.05, 0) is 50.5 Å². The number of carbonyl (C=O) groups excluding carboxylic acids is 1. The molecule has 0 aliphatic carbocycles. The molecule has 1 heterocycles. The van der Waals surface area contributed by atoms with Crippen LogP contribution < -0.4 is 4.74 Å². The van der Waals surface area contributed by atoms with Crippen molar-refractivity contribution in [1.82, 2.24) is 14.5 Å². The van der Waals surface area contributed by atoms with Gasteiger partial charge >= 0.3 is 0 Å². The zero-order valence-corrected chi connectivity index (χ0v) is 22.2. The van der Waals surface area contributed by atoms with Gasteiger partial charge in [-0.2, -0.15) is 0 Å². The van der Waals surface area contributed by atoms with E-state index in [-0.39, 0.29) is 35.3 Å². The lowest BCUT2D eigenvalue weighted by atomic mass is 10.1. The van der Waals surface area contributed by atoms with Crippen molar-refractivity contribution in [2.75, 3.05) is 13.7 Å². The molecule has 0 aliphatic rings. The van der Waals surface area contributed by atoms with Crippen molar-refractivity contribution in [2.45, 2.75) is 58.1 Å². The van der Waals surface area contributed by atoms with E-state index in [2.05, 4.69) is 4.98 Å². The molecule has 0 fully saturated rings. The highest BCUT2D eigenvalue weighted by molar-refractivity contribution is 7.90. The number of methoxy groups -OCH3 is 1. The van der Waals surface area contributed by atoms with Gasteiger partial charge in [-0.15, -0.1) is 0 Å². The third-order valence-electron chi connectivity index (χ3n) is 5.65. The monoisotopic (exact) mass is 497 g/mol. The standard InChI is InChI=1S/C27H35N3O4S/c1-19(2)16-29(26(31)23-8-7-9-25(14-23)34-6)17-24-15-28-27(30(24)20(3)4)35(32,33)18-22-12-10-21(5)11-13-22/h7-15,19-20H,16-18H2,1-6H3. The molecule has 8 heteroatoms. The number of amides is 1. The van der Waals surface area contributed by atoms with E-state index in [0.29, 0.717) is 29.1 Å². The number of sulfone groups is 1. The lowest BCUT2D eigenvalue weighted by Gasteiger charge is -2.26. The van der Waals surface area contributed by atoms with Crippen molar-refractivity contribution in [2.24, 2.45) is 5.92 Å². The Bertz CT molecular complexity index is 1260. The first kappa shape index (κ1) is 26.5. The van der Waals surface area contributed by atoms with Crippen LogP contribution in [0.5, 0.6) is 5.75 Å². The van der Waals surface area contributed by atoms with E-state index < -0.39 is 9.84 Å². The first-order chi connectivity index (χ1) is 16.5. The van der Waals surface area contributed by atoms with Gasteiger partial charge in [-0.1, -0.05) is 49.7 Å². The summed E-state index contributed by atoms with van der Waals surface area (Å²) in [5.74, 6) is 0.564. The van der Waals surface area contributed by atoms with E-state index >= 15 is 0 Å². The van der Waals surface area contributed by atoms with Crippen molar-refractivity contribution in [3.63, 3.8) is 0 Å². The van der Waals surface area contributed by atoms with Crippen LogP contribution in [-0.2, 0) is 22.1 Å². The molecule has 0 bridgehead atoms. The number of ether oxygens (including phenoxy) is 1. The summed E-state index contributed by atoms with van der Waals surface area (Å²) in [7, 11) is -2.12. The molecule has 1 amide bonds. The fourth-order valence-electron chi connectivity index (χ4n) is 4.04. The maximum Gasteiger partial charge on any atom is 0.254 e. The molecule has 0 N–H and O–H groups in total. The average molecular weight is 498 g/mol. The smallest absolute Gasteiger partial charge is 0.254 e. The van der Waals surface area contributed by atoms with Crippen LogP contribution in [0.1, 0.15) is 60.9 Å². The molecule has 0 saturated carbocycles. The van der Waals surface area contributed by atoms with Gasteiger partial charge in [0.1, 0.15) is 5.75 Å². The van der Waals surface area contributed by atoms with Gasteiger partial charge in [0.15, 0.2) is 0 Å². The molecular weight excluding hydrogens is 462 g/mol. The number of nitrogens with zero attached hydrogens (tertiary/aromatic N) is 3. The number of aryl methyl sites for hydroxylation is 1. The van der Waals surface area contributed by atoms with Crippen molar-refractivity contribution < 1.29 is 17.9 Å². The normalized spacial score (nSPS) is 11.8. The first-order valence-electron chi connectivity index (χ1n) is 11.8. The van der Waals surface area contributed by atoms with E-state index in [1.165, 1.54) is 0 Å². The van der Waals surface area contributed by atoms with Crippen LogP contribution in [0, 0.1) is 12.8 Å². The molecule has 0 saturated heterocycles. The Morgan fingerprint density at radius 2 is 1.77 bits per heavy atom. The Morgan fingerprint density at radius 1 is 1.09 bits per heavy atom. The number of carbonyl (C=O) groups is 1. The minimum Gasteiger partial charge on any atom is -0.497 e. The molecule has 188 valence electrons. The molecule has 0 aliphatic heterocycles. The van der Waals surface area contributed by atoms with Crippen LogP contribution in [0.3, 0.4) is 0 Å². The van der Waals surface area contributed by atoms with Crippen molar-refractivity contribution in [3.05, 3.63) is 77.1 Å².